The van der Waals surface area contributed by atoms with E-state index in [-0.39, 0.29) is 41.7 Å². The Balaban J connectivity index is 1.68. The molecular formula is C18H23N5O6. The summed E-state index contributed by atoms with van der Waals surface area (Å²) in [4.78, 5) is 44.7. The quantitative estimate of drug-likeness (QED) is 0.505. The lowest BCUT2D eigenvalue weighted by Crippen LogP contribution is -2.50. The third-order valence-electron chi connectivity index (χ3n) is 5.01. The SMILES string of the molecule is Cc1onc(CO)c1C(=O)NCC1CCCCN1C(=O)Cc1c(O)nc[nH]c1=O. The molecule has 0 radical (unpaired) electrons. The van der Waals surface area contributed by atoms with Crippen LogP contribution in [0.25, 0.3) is 0 Å². The second-order valence-electron chi connectivity index (χ2n) is 6.88. The molecule has 4 N–H and O–H groups in total. The summed E-state index contributed by atoms with van der Waals surface area (Å²) in [5.41, 5.74) is -0.304. The molecule has 11 nitrogen and oxygen atoms in total. The number of rotatable bonds is 6. The molecule has 0 aromatic carbocycles. The second-order valence-corrected chi connectivity index (χ2v) is 6.88. The van der Waals surface area contributed by atoms with Gasteiger partial charge in [-0.1, -0.05) is 5.16 Å². The van der Waals surface area contributed by atoms with Crippen molar-refractivity contribution in [2.75, 3.05) is 13.1 Å². The first kappa shape index (κ1) is 20.5. The first-order valence-electron chi connectivity index (χ1n) is 9.31. The van der Waals surface area contributed by atoms with Crippen LogP contribution in [0.15, 0.2) is 15.6 Å². The highest BCUT2D eigenvalue weighted by Gasteiger charge is 2.29. The van der Waals surface area contributed by atoms with Gasteiger partial charge in [0, 0.05) is 19.1 Å². The molecule has 1 saturated heterocycles. The number of carbonyl (C=O) groups is 2. The second kappa shape index (κ2) is 8.86. The van der Waals surface area contributed by atoms with Crippen LogP contribution < -0.4 is 10.9 Å². The first-order valence-corrected chi connectivity index (χ1v) is 9.31. The Morgan fingerprint density at radius 1 is 1.41 bits per heavy atom. The van der Waals surface area contributed by atoms with Crippen molar-refractivity contribution in [1.82, 2.24) is 25.3 Å². The van der Waals surface area contributed by atoms with Gasteiger partial charge in [0.1, 0.15) is 17.0 Å². The number of piperidine rings is 1. The molecule has 1 fully saturated rings. The van der Waals surface area contributed by atoms with Gasteiger partial charge in [-0.2, -0.15) is 0 Å². The zero-order chi connectivity index (χ0) is 21.0. The van der Waals surface area contributed by atoms with Gasteiger partial charge >= 0.3 is 0 Å². The molecule has 3 rings (SSSR count). The fourth-order valence-corrected chi connectivity index (χ4v) is 3.49. The van der Waals surface area contributed by atoms with E-state index in [9.17, 15) is 24.6 Å². The number of aryl methyl sites for hydroxylation is 1. The molecule has 156 valence electrons. The van der Waals surface area contributed by atoms with E-state index in [2.05, 4.69) is 20.4 Å². The van der Waals surface area contributed by atoms with Crippen LogP contribution in [0.5, 0.6) is 5.88 Å². The number of carbonyl (C=O) groups excluding carboxylic acids is 2. The van der Waals surface area contributed by atoms with E-state index >= 15 is 0 Å². The van der Waals surface area contributed by atoms with Crippen LogP contribution in [0.2, 0.25) is 0 Å². The summed E-state index contributed by atoms with van der Waals surface area (Å²) in [5, 5.41) is 25.5. The fourth-order valence-electron chi connectivity index (χ4n) is 3.49. The minimum Gasteiger partial charge on any atom is -0.493 e. The summed E-state index contributed by atoms with van der Waals surface area (Å²) in [6.07, 6.45) is 3.19. The Labute approximate surface area is 165 Å². The van der Waals surface area contributed by atoms with Crippen molar-refractivity contribution in [2.45, 2.75) is 45.3 Å². The minimum absolute atomic E-state index is 0.0847. The Morgan fingerprint density at radius 2 is 2.21 bits per heavy atom. The maximum Gasteiger partial charge on any atom is 0.258 e. The number of hydrogen-bond acceptors (Lipinski definition) is 8. The first-order chi connectivity index (χ1) is 13.9. The number of aliphatic hydroxyl groups excluding tert-OH is 1. The Kier molecular flexibility index (Phi) is 6.27. The van der Waals surface area contributed by atoms with Crippen molar-refractivity contribution in [3.05, 3.63) is 39.3 Å². The molecular weight excluding hydrogens is 382 g/mol. The average molecular weight is 405 g/mol. The number of likely N-dealkylation sites (tertiary alicyclic amines) is 1. The van der Waals surface area contributed by atoms with Crippen molar-refractivity contribution < 1.29 is 24.3 Å². The summed E-state index contributed by atoms with van der Waals surface area (Å²) < 4.78 is 4.95. The predicted octanol–water partition coefficient (Wildman–Crippen LogP) is -0.382. The zero-order valence-corrected chi connectivity index (χ0v) is 16.0. The molecule has 0 aliphatic carbocycles. The zero-order valence-electron chi connectivity index (χ0n) is 16.0. The average Bonchev–Trinajstić information content (AvgIpc) is 3.09. The van der Waals surface area contributed by atoms with Crippen LogP contribution in [-0.4, -0.2) is 61.2 Å². The standard InChI is InChI=1S/C18H23N5O6/c1-10-15(13(8-24)22-29-10)18(28)19-7-11-4-2-3-5-23(11)14(25)6-12-16(26)20-9-21-17(12)27/h9,11,24H,2-8H2,1H3,(H,19,28)(H2,20,21,26,27). The predicted molar refractivity (Wildman–Crippen MR) is 99.1 cm³/mol. The highest BCUT2D eigenvalue weighted by Crippen LogP contribution is 2.19. The number of aromatic amines is 1. The summed E-state index contributed by atoms with van der Waals surface area (Å²) in [7, 11) is 0. The van der Waals surface area contributed by atoms with E-state index in [1.165, 1.54) is 0 Å². The van der Waals surface area contributed by atoms with E-state index in [1.807, 2.05) is 0 Å². The molecule has 2 amide bonds. The van der Waals surface area contributed by atoms with Gasteiger partial charge in [-0.25, -0.2) is 4.98 Å². The molecule has 1 unspecified atom stereocenters. The van der Waals surface area contributed by atoms with Crippen LogP contribution in [0.3, 0.4) is 0 Å². The molecule has 0 saturated carbocycles. The highest BCUT2D eigenvalue weighted by molar-refractivity contribution is 5.96. The molecule has 2 aromatic heterocycles. The normalized spacial score (nSPS) is 16.6. The van der Waals surface area contributed by atoms with Gasteiger partial charge in [-0.05, 0) is 26.2 Å². The molecule has 29 heavy (non-hydrogen) atoms. The number of aromatic hydroxyl groups is 1. The summed E-state index contributed by atoms with van der Waals surface area (Å²) >= 11 is 0. The van der Waals surface area contributed by atoms with E-state index in [4.69, 9.17) is 4.52 Å². The molecule has 1 aliphatic heterocycles. The minimum atomic E-state index is -0.563. The van der Waals surface area contributed by atoms with E-state index in [0.717, 1.165) is 19.2 Å². The number of aliphatic hydroxyl groups is 1. The van der Waals surface area contributed by atoms with Gasteiger partial charge in [0.05, 0.1) is 24.9 Å². The van der Waals surface area contributed by atoms with Crippen molar-refractivity contribution >= 4 is 11.8 Å². The van der Waals surface area contributed by atoms with Crippen LogP contribution in [0.4, 0.5) is 0 Å². The topological polar surface area (TPSA) is 162 Å². The Bertz CT molecular complexity index is 952. The Hall–Kier alpha value is -3.21. The van der Waals surface area contributed by atoms with Gasteiger partial charge in [0.15, 0.2) is 0 Å². The van der Waals surface area contributed by atoms with Gasteiger partial charge < -0.3 is 29.9 Å². The van der Waals surface area contributed by atoms with Crippen molar-refractivity contribution in [1.29, 1.82) is 0 Å². The van der Waals surface area contributed by atoms with Gasteiger partial charge in [-0.3, -0.25) is 14.4 Å². The lowest BCUT2D eigenvalue weighted by molar-refractivity contribution is -0.134. The van der Waals surface area contributed by atoms with Crippen LogP contribution in [0.1, 0.15) is 46.6 Å². The largest absolute Gasteiger partial charge is 0.493 e. The smallest absolute Gasteiger partial charge is 0.258 e. The van der Waals surface area contributed by atoms with Crippen molar-refractivity contribution in [2.24, 2.45) is 0 Å². The summed E-state index contributed by atoms with van der Waals surface area (Å²) in [5.74, 6) is -0.931. The van der Waals surface area contributed by atoms with Crippen molar-refractivity contribution in [3.8, 4) is 5.88 Å². The number of amides is 2. The van der Waals surface area contributed by atoms with E-state index in [1.54, 1.807) is 11.8 Å². The van der Waals surface area contributed by atoms with Gasteiger partial charge in [0.25, 0.3) is 11.5 Å². The van der Waals surface area contributed by atoms with Crippen LogP contribution >= 0.6 is 0 Å². The molecule has 0 spiro atoms. The Morgan fingerprint density at radius 3 is 2.93 bits per heavy atom. The number of nitrogens with zero attached hydrogens (tertiary/aromatic N) is 3. The molecule has 1 aliphatic rings. The lowest BCUT2D eigenvalue weighted by atomic mass is 10.0. The molecule has 1 atom stereocenters. The third-order valence-corrected chi connectivity index (χ3v) is 5.01. The number of H-pyrrole nitrogens is 1. The van der Waals surface area contributed by atoms with Crippen LogP contribution in [0, 0.1) is 6.92 Å². The monoisotopic (exact) mass is 405 g/mol. The number of aromatic nitrogens is 3. The molecule has 2 aromatic rings. The third kappa shape index (κ3) is 4.45. The van der Waals surface area contributed by atoms with E-state index < -0.39 is 24.0 Å². The summed E-state index contributed by atoms with van der Waals surface area (Å²) in [6.45, 7) is 1.86. The summed E-state index contributed by atoms with van der Waals surface area (Å²) in [6, 6.07) is -0.254. The van der Waals surface area contributed by atoms with Gasteiger partial charge in [-0.15, -0.1) is 0 Å². The van der Waals surface area contributed by atoms with E-state index in [0.29, 0.717) is 18.7 Å². The van der Waals surface area contributed by atoms with Crippen LogP contribution in [-0.2, 0) is 17.8 Å². The molecule has 11 heteroatoms. The maximum absolute atomic E-state index is 12.8. The fraction of sp³-hybridized carbons (Fsp3) is 0.500. The highest BCUT2D eigenvalue weighted by atomic mass is 16.5. The molecule has 3 heterocycles. The number of nitrogens with one attached hydrogen (secondary N) is 2. The number of hydrogen-bond donors (Lipinski definition) is 4. The maximum atomic E-state index is 12.8. The lowest BCUT2D eigenvalue weighted by Gasteiger charge is -2.36. The van der Waals surface area contributed by atoms with Crippen molar-refractivity contribution in [3.63, 3.8) is 0 Å². The van der Waals surface area contributed by atoms with Gasteiger partial charge in [0.2, 0.25) is 11.8 Å². The molecule has 0 bridgehead atoms.